The van der Waals surface area contributed by atoms with Crippen molar-refractivity contribution in [1.82, 2.24) is 15.2 Å². The highest BCUT2D eigenvalue weighted by Gasteiger charge is 2.35. The van der Waals surface area contributed by atoms with Gasteiger partial charge in [-0.25, -0.2) is 0 Å². The van der Waals surface area contributed by atoms with Crippen LogP contribution in [0.3, 0.4) is 0 Å². The van der Waals surface area contributed by atoms with E-state index in [-0.39, 0.29) is 17.9 Å². The van der Waals surface area contributed by atoms with Gasteiger partial charge in [0.25, 0.3) is 0 Å². The van der Waals surface area contributed by atoms with E-state index >= 15 is 0 Å². The third kappa shape index (κ3) is 8.93. The zero-order valence-corrected chi connectivity index (χ0v) is 18.6. The standard InChI is InChI=1S/C23H36N6O2/c1-29(17-23(18-30)12-6-7-13-23)21(31)9-5-3-2-4-8-14-26-22(27-19-24)28-20-10-15-25-16-11-20/h10-11,15-16,30H,2-9,12-14,17-18H2,1H3,(H2,25,26,27,28). The van der Waals surface area contributed by atoms with Gasteiger partial charge in [-0.3, -0.25) is 9.78 Å². The number of amides is 1. The molecule has 1 heterocycles. The van der Waals surface area contributed by atoms with Crippen LogP contribution in [0.25, 0.3) is 0 Å². The molecule has 0 radical (unpaired) electrons. The fourth-order valence-corrected chi connectivity index (χ4v) is 4.15. The Kier molecular flexibility index (Phi) is 10.8. The van der Waals surface area contributed by atoms with Gasteiger partial charge in [-0.05, 0) is 37.8 Å². The monoisotopic (exact) mass is 428 g/mol. The lowest BCUT2D eigenvalue weighted by atomic mass is 9.86. The summed E-state index contributed by atoms with van der Waals surface area (Å²) >= 11 is 0. The zero-order chi connectivity index (χ0) is 22.4. The van der Waals surface area contributed by atoms with Crippen LogP contribution in [0.1, 0.15) is 64.2 Å². The van der Waals surface area contributed by atoms with Gasteiger partial charge in [-0.1, -0.05) is 32.1 Å². The molecule has 170 valence electrons. The number of aliphatic imine (C=N–C) groups is 1. The van der Waals surface area contributed by atoms with Gasteiger partial charge in [-0.15, -0.1) is 4.99 Å². The summed E-state index contributed by atoms with van der Waals surface area (Å²) in [5, 5.41) is 24.8. The third-order valence-electron chi connectivity index (χ3n) is 5.96. The average Bonchev–Trinajstić information content (AvgIpc) is 3.25. The first-order valence-electron chi connectivity index (χ1n) is 11.3. The van der Waals surface area contributed by atoms with Gasteiger partial charge < -0.3 is 20.6 Å². The highest BCUT2D eigenvalue weighted by atomic mass is 16.3. The molecule has 1 aromatic heterocycles. The summed E-state index contributed by atoms with van der Waals surface area (Å²) in [7, 11) is 1.87. The molecular formula is C23H36N6O2. The van der Waals surface area contributed by atoms with E-state index in [1.807, 2.05) is 24.1 Å². The molecule has 1 aliphatic carbocycles. The quantitative estimate of drug-likeness (QED) is 0.204. The van der Waals surface area contributed by atoms with Crippen molar-refractivity contribution < 1.29 is 9.90 Å². The van der Waals surface area contributed by atoms with E-state index in [1.54, 1.807) is 18.6 Å². The average molecular weight is 429 g/mol. The van der Waals surface area contributed by atoms with Crippen molar-refractivity contribution in [3.63, 3.8) is 0 Å². The van der Waals surface area contributed by atoms with E-state index in [0.717, 1.165) is 70.0 Å². The number of nitriles is 1. The largest absolute Gasteiger partial charge is 0.396 e. The number of guanidine groups is 1. The molecule has 0 spiro atoms. The molecule has 8 heteroatoms. The molecule has 0 atom stereocenters. The number of unbranched alkanes of at least 4 members (excludes halogenated alkanes) is 4. The normalized spacial score (nSPS) is 15.3. The molecule has 3 N–H and O–H groups in total. The van der Waals surface area contributed by atoms with E-state index in [2.05, 4.69) is 20.6 Å². The lowest BCUT2D eigenvalue weighted by Crippen LogP contribution is -2.39. The summed E-state index contributed by atoms with van der Waals surface area (Å²) < 4.78 is 0. The van der Waals surface area contributed by atoms with Crippen LogP contribution in [0, 0.1) is 16.9 Å². The molecule has 0 aliphatic heterocycles. The number of aliphatic hydroxyl groups is 1. The highest BCUT2D eigenvalue weighted by Crippen LogP contribution is 2.38. The van der Waals surface area contributed by atoms with Gasteiger partial charge in [0, 0.05) is 50.1 Å². The minimum Gasteiger partial charge on any atom is -0.396 e. The third-order valence-corrected chi connectivity index (χ3v) is 5.96. The second-order valence-electron chi connectivity index (χ2n) is 8.48. The summed E-state index contributed by atoms with van der Waals surface area (Å²) in [4.78, 5) is 21.9. The molecule has 8 nitrogen and oxygen atoms in total. The van der Waals surface area contributed by atoms with Gasteiger partial charge in [0.1, 0.15) is 0 Å². The topological polar surface area (TPSA) is 114 Å². The number of hydrogen-bond acceptors (Lipinski definition) is 5. The zero-order valence-electron chi connectivity index (χ0n) is 18.6. The number of rotatable bonds is 12. The van der Waals surface area contributed by atoms with E-state index < -0.39 is 0 Å². The Morgan fingerprint density at radius 1 is 1.23 bits per heavy atom. The maximum atomic E-state index is 12.4. The SMILES string of the molecule is CN(CC1(CO)CCCC1)C(=O)CCCCCCCN/C(=N\C#N)Nc1ccncc1. The summed E-state index contributed by atoms with van der Waals surface area (Å²) in [5.74, 6) is 0.617. The molecule has 1 amide bonds. The van der Waals surface area contributed by atoms with Crippen LogP contribution < -0.4 is 10.6 Å². The summed E-state index contributed by atoms with van der Waals surface area (Å²) in [6, 6.07) is 3.62. The minimum absolute atomic E-state index is 0.0721. The van der Waals surface area contributed by atoms with Crippen LogP contribution in [0.4, 0.5) is 5.69 Å². The van der Waals surface area contributed by atoms with Crippen LogP contribution in [0.5, 0.6) is 0 Å². The van der Waals surface area contributed by atoms with Gasteiger partial charge in [-0.2, -0.15) is 5.26 Å². The van der Waals surface area contributed by atoms with Crippen molar-refractivity contribution in [3.05, 3.63) is 24.5 Å². The smallest absolute Gasteiger partial charge is 0.222 e. The van der Waals surface area contributed by atoms with Crippen molar-refractivity contribution in [2.45, 2.75) is 64.2 Å². The molecule has 1 aliphatic rings. The molecule has 0 bridgehead atoms. The van der Waals surface area contributed by atoms with Crippen molar-refractivity contribution in [2.75, 3.05) is 32.1 Å². The number of aliphatic hydroxyl groups excluding tert-OH is 1. The lowest BCUT2D eigenvalue weighted by molar-refractivity contribution is -0.131. The number of anilines is 1. The van der Waals surface area contributed by atoms with E-state index in [9.17, 15) is 9.90 Å². The van der Waals surface area contributed by atoms with Crippen LogP contribution in [0.15, 0.2) is 29.5 Å². The van der Waals surface area contributed by atoms with Crippen LogP contribution in [-0.4, -0.2) is 53.6 Å². The van der Waals surface area contributed by atoms with Crippen molar-refractivity contribution >= 4 is 17.6 Å². The number of aromatic nitrogens is 1. The van der Waals surface area contributed by atoms with Gasteiger partial charge in [0.05, 0.1) is 6.61 Å². The molecule has 1 fully saturated rings. The number of nitrogens with zero attached hydrogens (tertiary/aromatic N) is 4. The van der Waals surface area contributed by atoms with Gasteiger partial charge in [0.2, 0.25) is 18.1 Å². The minimum atomic E-state index is -0.0721. The number of nitrogens with one attached hydrogen (secondary N) is 2. The first kappa shape index (κ1) is 24.6. The van der Waals surface area contributed by atoms with Crippen molar-refractivity contribution in [2.24, 2.45) is 10.4 Å². The fraction of sp³-hybridized carbons (Fsp3) is 0.652. The Bertz CT molecular complexity index is 725. The molecule has 0 saturated heterocycles. The number of pyridine rings is 1. The van der Waals surface area contributed by atoms with E-state index in [4.69, 9.17) is 5.26 Å². The van der Waals surface area contributed by atoms with E-state index in [1.165, 1.54) is 0 Å². The molecular weight excluding hydrogens is 392 g/mol. The maximum absolute atomic E-state index is 12.4. The van der Waals surface area contributed by atoms with Crippen LogP contribution in [0.2, 0.25) is 0 Å². The summed E-state index contributed by atoms with van der Waals surface area (Å²) in [5.41, 5.74) is 0.751. The molecule has 1 aromatic rings. The summed E-state index contributed by atoms with van der Waals surface area (Å²) in [6.07, 6.45) is 15.1. The predicted molar refractivity (Wildman–Crippen MR) is 122 cm³/mol. The number of carbonyl (C=O) groups is 1. The molecule has 1 saturated carbocycles. The Labute approximate surface area is 185 Å². The molecule has 0 aromatic carbocycles. The van der Waals surface area contributed by atoms with Crippen molar-refractivity contribution in [3.8, 4) is 6.19 Å². The first-order valence-corrected chi connectivity index (χ1v) is 11.3. The number of hydrogen-bond donors (Lipinski definition) is 3. The Balaban J connectivity index is 1.54. The first-order chi connectivity index (χ1) is 15.1. The van der Waals surface area contributed by atoms with Gasteiger partial charge in [0.15, 0.2) is 0 Å². The maximum Gasteiger partial charge on any atom is 0.222 e. The Morgan fingerprint density at radius 3 is 2.58 bits per heavy atom. The fourth-order valence-electron chi connectivity index (χ4n) is 4.15. The Hall–Kier alpha value is -2.66. The number of carbonyl (C=O) groups excluding carboxylic acids is 1. The highest BCUT2D eigenvalue weighted by molar-refractivity contribution is 5.94. The second-order valence-corrected chi connectivity index (χ2v) is 8.48. The van der Waals surface area contributed by atoms with Crippen LogP contribution in [-0.2, 0) is 4.79 Å². The van der Waals surface area contributed by atoms with Crippen molar-refractivity contribution in [1.29, 1.82) is 5.26 Å². The van der Waals surface area contributed by atoms with Crippen LogP contribution >= 0.6 is 0 Å². The Morgan fingerprint density at radius 2 is 1.90 bits per heavy atom. The lowest BCUT2D eigenvalue weighted by Gasteiger charge is -2.31. The summed E-state index contributed by atoms with van der Waals surface area (Å²) in [6.45, 7) is 1.58. The molecule has 0 unspecified atom stereocenters. The van der Waals surface area contributed by atoms with Gasteiger partial charge >= 0.3 is 0 Å². The van der Waals surface area contributed by atoms with E-state index in [0.29, 0.717) is 18.9 Å². The second kappa shape index (κ2) is 13.6. The molecule has 2 rings (SSSR count). The predicted octanol–water partition coefficient (Wildman–Crippen LogP) is 3.27. The molecule has 31 heavy (non-hydrogen) atoms.